The molecule has 3 N–H and O–H groups in total. The second-order valence-corrected chi connectivity index (χ2v) is 29.5. The number of carbonyl (C=O) groups is 2. The van der Waals surface area contributed by atoms with Gasteiger partial charge in [0.1, 0.15) is 0 Å². The van der Waals surface area contributed by atoms with Crippen LogP contribution in [0.4, 0.5) is 0 Å². The van der Waals surface area contributed by atoms with E-state index in [4.69, 9.17) is 4.74 Å². The van der Waals surface area contributed by atoms with E-state index in [0.717, 1.165) is 57.8 Å². The number of rotatable bonds is 81. The predicted octanol–water partition coefficient (Wildman–Crippen LogP) is 28.9. The Labute approximate surface area is 594 Å². The highest BCUT2D eigenvalue weighted by Crippen LogP contribution is 2.20. The summed E-state index contributed by atoms with van der Waals surface area (Å²) in [6.07, 6.45) is 114. The van der Waals surface area contributed by atoms with Gasteiger partial charge in [-0.3, -0.25) is 9.59 Å². The van der Waals surface area contributed by atoms with Crippen molar-refractivity contribution in [3.63, 3.8) is 0 Å². The van der Waals surface area contributed by atoms with E-state index in [1.165, 1.54) is 385 Å². The molecule has 0 aliphatic rings. The van der Waals surface area contributed by atoms with Crippen LogP contribution >= 0.6 is 0 Å². The molecule has 0 rings (SSSR count). The van der Waals surface area contributed by atoms with E-state index in [2.05, 4.69) is 67.8 Å². The summed E-state index contributed by atoms with van der Waals surface area (Å²) in [5, 5.41) is 23.3. The van der Waals surface area contributed by atoms with E-state index < -0.39 is 12.1 Å². The number of aliphatic hydroxyl groups is 2. The van der Waals surface area contributed by atoms with Crippen LogP contribution in [0.2, 0.25) is 0 Å². The van der Waals surface area contributed by atoms with Crippen LogP contribution in [0.5, 0.6) is 0 Å². The zero-order valence-electron chi connectivity index (χ0n) is 64.2. The molecule has 0 aromatic carbocycles. The monoisotopic (exact) mass is 1330 g/mol. The van der Waals surface area contributed by atoms with Gasteiger partial charge < -0.3 is 20.3 Å². The minimum Gasteiger partial charge on any atom is -0.466 e. The topological polar surface area (TPSA) is 95.9 Å². The van der Waals surface area contributed by atoms with E-state index in [1.54, 1.807) is 6.08 Å². The fourth-order valence-electron chi connectivity index (χ4n) is 13.5. The molecule has 95 heavy (non-hydrogen) atoms. The number of esters is 1. The Bertz CT molecular complexity index is 1630. The molecule has 1 amide bonds. The van der Waals surface area contributed by atoms with Gasteiger partial charge in [-0.25, -0.2) is 0 Å². The van der Waals surface area contributed by atoms with Crippen molar-refractivity contribution in [2.75, 3.05) is 13.2 Å². The van der Waals surface area contributed by atoms with Crippen LogP contribution in [-0.4, -0.2) is 47.4 Å². The maximum absolute atomic E-state index is 12.6. The quantitative estimate of drug-likeness (QED) is 0.0320. The van der Waals surface area contributed by atoms with Crippen molar-refractivity contribution >= 4 is 11.9 Å². The smallest absolute Gasteiger partial charge is 0.305 e. The molecule has 0 spiro atoms. The number of unbranched alkanes of at least 4 members (excludes halogenated alkanes) is 62. The molecule has 0 radical (unpaired) electrons. The lowest BCUT2D eigenvalue weighted by molar-refractivity contribution is -0.143. The van der Waals surface area contributed by atoms with Crippen molar-refractivity contribution in [2.24, 2.45) is 0 Å². The molecule has 2 atom stereocenters. The molecular weight excluding hydrogens is 1160 g/mol. The van der Waals surface area contributed by atoms with E-state index in [9.17, 15) is 19.8 Å². The van der Waals surface area contributed by atoms with E-state index in [1.807, 2.05) is 6.08 Å². The number of nitrogens with one attached hydrogen (secondary N) is 1. The molecule has 0 aromatic rings. The minimum atomic E-state index is -0.845. The first kappa shape index (κ1) is 92.6. The van der Waals surface area contributed by atoms with Crippen LogP contribution in [0.15, 0.2) is 60.8 Å². The highest BCUT2D eigenvalue weighted by molar-refractivity contribution is 5.76. The Morgan fingerprint density at radius 2 is 0.526 bits per heavy atom. The van der Waals surface area contributed by atoms with Gasteiger partial charge in [0.2, 0.25) is 5.91 Å². The van der Waals surface area contributed by atoms with E-state index in [0.29, 0.717) is 19.4 Å². The van der Waals surface area contributed by atoms with Crippen molar-refractivity contribution < 1.29 is 24.5 Å². The number of aliphatic hydroxyl groups excluding tert-OH is 2. The van der Waals surface area contributed by atoms with Crippen molar-refractivity contribution in [1.82, 2.24) is 5.32 Å². The number of ether oxygens (including phenoxy) is 1. The molecule has 0 aromatic heterocycles. The summed E-state index contributed by atoms with van der Waals surface area (Å²) in [6, 6.07) is -0.628. The molecule has 0 fully saturated rings. The summed E-state index contributed by atoms with van der Waals surface area (Å²) < 4.78 is 5.52. The fraction of sp³-hybridized carbons (Fsp3) is 0.865. The Morgan fingerprint density at radius 3 is 0.821 bits per heavy atom. The summed E-state index contributed by atoms with van der Waals surface area (Å²) >= 11 is 0. The highest BCUT2D eigenvalue weighted by Gasteiger charge is 2.18. The molecule has 6 nitrogen and oxygen atoms in total. The first-order chi connectivity index (χ1) is 47.0. The highest BCUT2D eigenvalue weighted by atomic mass is 16.5. The third kappa shape index (κ3) is 80.4. The fourth-order valence-corrected chi connectivity index (χ4v) is 13.5. The number of amides is 1. The van der Waals surface area contributed by atoms with Crippen LogP contribution < -0.4 is 5.32 Å². The zero-order chi connectivity index (χ0) is 68.4. The van der Waals surface area contributed by atoms with Gasteiger partial charge in [0.05, 0.1) is 25.4 Å². The minimum absolute atomic E-state index is 0.0153. The third-order valence-electron chi connectivity index (χ3n) is 20.0. The standard InChI is InChI=1S/C89H167NO5/c1-3-5-7-9-11-13-15-17-19-21-23-24-42-46-49-53-57-61-65-69-73-77-81-87(92)86(85-91)90-88(93)82-78-74-70-66-62-58-54-50-47-43-40-38-36-34-32-30-28-26-25-27-29-31-33-35-37-39-41-44-48-52-56-60-64-68-72-76-80-84-95-89(94)83-79-75-71-67-63-59-55-51-45-22-20-18-16-14-12-10-8-6-4-2/h12,14,18,20,25,27,31,33,77,81,86-87,91-92H,3-11,13,15-17,19,21-24,26,28-30,32,34-76,78-80,82-85H2,1-2H3,(H,90,93)/b14-12-,20-18-,27-25-,33-31-,81-77+. The summed E-state index contributed by atoms with van der Waals surface area (Å²) in [6.45, 7) is 4.93. The molecule has 0 aliphatic carbocycles. The lowest BCUT2D eigenvalue weighted by Crippen LogP contribution is -2.45. The van der Waals surface area contributed by atoms with Gasteiger partial charge in [0, 0.05) is 12.8 Å². The largest absolute Gasteiger partial charge is 0.466 e. The second kappa shape index (κ2) is 84.0. The average molecular weight is 1330 g/mol. The number of carbonyl (C=O) groups excluding carboxylic acids is 2. The maximum atomic E-state index is 12.6. The number of allylic oxidation sites excluding steroid dienone is 9. The van der Waals surface area contributed by atoms with Crippen LogP contribution in [-0.2, 0) is 14.3 Å². The lowest BCUT2D eigenvalue weighted by Gasteiger charge is -2.20. The Hall–Kier alpha value is -2.44. The van der Waals surface area contributed by atoms with E-state index >= 15 is 0 Å². The van der Waals surface area contributed by atoms with Crippen LogP contribution in [0.3, 0.4) is 0 Å². The van der Waals surface area contributed by atoms with Gasteiger partial charge in [0.25, 0.3) is 0 Å². The summed E-state index contributed by atoms with van der Waals surface area (Å²) in [5.41, 5.74) is 0. The molecule has 0 saturated carbocycles. The number of hydrogen-bond acceptors (Lipinski definition) is 5. The normalized spacial score (nSPS) is 12.8. The van der Waals surface area contributed by atoms with Crippen molar-refractivity contribution in [3.05, 3.63) is 60.8 Å². The van der Waals surface area contributed by atoms with E-state index in [-0.39, 0.29) is 18.5 Å². The molecule has 0 bridgehead atoms. The zero-order valence-corrected chi connectivity index (χ0v) is 64.2. The molecular formula is C89H167NO5. The van der Waals surface area contributed by atoms with Crippen molar-refractivity contribution in [2.45, 2.75) is 482 Å². The van der Waals surface area contributed by atoms with Crippen LogP contribution in [0.1, 0.15) is 470 Å². The maximum Gasteiger partial charge on any atom is 0.305 e. The lowest BCUT2D eigenvalue weighted by atomic mass is 10.0. The summed E-state index contributed by atoms with van der Waals surface area (Å²) in [5.74, 6) is -0.0455. The molecule has 558 valence electrons. The van der Waals surface area contributed by atoms with Gasteiger partial charge in [0.15, 0.2) is 0 Å². The first-order valence-corrected chi connectivity index (χ1v) is 43.1. The third-order valence-corrected chi connectivity index (χ3v) is 20.0. The van der Waals surface area contributed by atoms with Gasteiger partial charge in [-0.15, -0.1) is 0 Å². The van der Waals surface area contributed by atoms with Crippen LogP contribution in [0.25, 0.3) is 0 Å². The van der Waals surface area contributed by atoms with Crippen LogP contribution in [0, 0.1) is 0 Å². The number of hydrogen-bond donors (Lipinski definition) is 3. The van der Waals surface area contributed by atoms with Gasteiger partial charge >= 0.3 is 5.97 Å². The summed E-state index contributed by atoms with van der Waals surface area (Å²) in [7, 11) is 0. The molecule has 0 aliphatic heterocycles. The van der Waals surface area contributed by atoms with Gasteiger partial charge in [-0.2, -0.15) is 0 Å². The van der Waals surface area contributed by atoms with Gasteiger partial charge in [-0.05, 0) is 96.3 Å². The second-order valence-electron chi connectivity index (χ2n) is 29.5. The molecule has 0 heterocycles. The first-order valence-electron chi connectivity index (χ1n) is 43.1. The van der Waals surface area contributed by atoms with Gasteiger partial charge in [-0.1, -0.05) is 421 Å². The SMILES string of the molecule is CCCCC/C=C\C/C=C\CCCCCCCCCCCC(=O)OCCCCCCCCCCCCCCC/C=C\C/C=C\CCCCCCCCCCCCCCCCCCCC(=O)NC(CO)C(O)/C=C/CCCCCCCCCCCCCCCCCCCCCC. The predicted molar refractivity (Wildman–Crippen MR) is 421 cm³/mol. The molecule has 2 unspecified atom stereocenters. The van der Waals surface area contributed by atoms with Crippen molar-refractivity contribution in [3.8, 4) is 0 Å². The Morgan fingerprint density at radius 1 is 0.295 bits per heavy atom. The molecule has 0 saturated heterocycles. The average Bonchev–Trinajstić information content (AvgIpc) is 3.35. The molecule has 6 heteroatoms. The Kier molecular flexibility index (Phi) is 81.8. The van der Waals surface area contributed by atoms with Crippen molar-refractivity contribution in [1.29, 1.82) is 0 Å². The summed E-state index contributed by atoms with van der Waals surface area (Å²) in [4.78, 5) is 24.7. The Balaban J connectivity index is 3.38.